The maximum absolute atomic E-state index is 12.4. The molecule has 0 aliphatic carbocycles. The van der Waals surface area contributed by atoms with Gasteiger partial charge in [0, 0.05) is 13.1 Å². The molecule has 3 rings (SSSR count). The van der Waals surface area contributed by atoms with Crippen LogP contribution in [0.15, 0.2) is 24.3 Å². The average Bonchev–Trinajstić information content (AvgIpc) is 2.87. The molecular formula is C14H19N3O3S2. The Morgan fingerprint density at radius 2 is 2.00 bits per heavy atom. The van der Waals surface area contributed by atoms with Gasteiger partial charge in [0.1, 0.15) is 5.01 Å². The normalized spacial score (nSPS) is 23.9. The summed E-state index contributed by atoms with van der Waals surface area (Å²) in [6, 6.07) is 7.78. The summed E-state index contributed by atoms with van der Waals surface area (Å²) in [5.74, 6) is 0. The van der Waals surface area contributed by atoms with Gasteiger partial charge in [-0.1, -0.05) is 12.1 Å². The summed E-state index contributed by atoms with van der Waals surface area (Å²) in [6.07, 6.45) is -0.189. The molecule has 2 aromatic rings. The summed E-state index contributed by atoms with van der Waals surface area (Å²) in [7, 11) is -3.51. The second-order valence-corrected chi connectivity index (χ2v) is 8.35. The highest BCUT2D eigenvalue weighted by Crippen LogP contribution is 2.21. The van der Waals surface area contributed by atoms with E-state index in [4.69, 9.17) is 4.74 Å². The Hall–Kier alpha value is -1.06. The molecule has 1 fully saturated rings. The number of rotatable bonds is 4. The zero-order chi connectivity index (χ0) is 15.7. The third-order valence-electron chi connectivity index (χ3n) is 3.47. The van der Waals surface area contributed by atoms with Gasteiger partial charge in [-0.25, -0.2) is 4.98 Å². The molecule has 8 heteroatoms. The van der Waals surface area contributed by atoms with E-state index >= 15 is 0 Å². The molecule has 22 heavy (non-hydrogen) atoms. The lowest BCUT2D eigenvalue weighted by molar-refractivity contribution is -0.0444. The highest BCUT2D eigenvalue weighted by molar-refractivity contribution is 7.87. The number of ether oxygens (including phenoxy) is 1. The number of hydrogen-bond acceptors (Lipinski definition) is 5. The van der Waals surface area contributed by atoms with Gasteiger partial charge >= 0.3 is 0 Å². The SMILES string of the molecule is C[C@H]1CN(S(=O)(=O)NCc2nc3ccccc3s2)C[C@H](C)O1. The third-order valence-corrected chi connectivity index (χ3v) is 5.99. The molecule has 1 aromatic carbocycles. The van der Waals surface area contributed by atoms with Crippen LogP contribution in [0.5, 0.6) is 0 Å². The fourth-order valence-corrected chi connectivity index (χ4v) is 4.88. The van der Waals surface area contributed by atoms with E-state index in [0.29, 0.717) is 13.1 Å². The third kappa shape index (κ3) is 3.47. The van der Waals surface area contributed by atoms with Crippen molar-refractivity contribution in [2.75, 3.05) is 13.1 Å². The van der Waals surface area contributed by atoms with Gasteiger partial charge in [-0.05, 0) is 26.0 Å². The second kappa shape index (κ2) is 6.21. The average molecular weight is 341 g/mol. The molecule has 0 unspecified atom stereocenters. The Bertz CT molecular complexity index is 717. The van der Waals surface area contributed by atoms with Crippen LogP contribution < -0.4 is 4.72 Å². The summed E-state index contributed by atoms with van der Waals surface area (Å²) >= 11 is 1.50. The van der Waals surface area contributed by atoms with Crippen LogP contribution in [0.25, 0.3) is 10.2 Å². The van der Waals surface area contributed by atoms with Gasteiger partial charge in [0.2, 0.25) is 0 Å². The van der Waals surface area contributed by atoms with Gasteiger partial charge in [0.05, 0.1) is 29.0 Å². The second-order valence-electron chi connectivity index (χ2n) is 5.48. The molecule has 1 aliphatic heterocycles. The molecule has 2 heterocycles. The molecular weight excluding hydrogens is 322 g/mol. The maximum Gasteiger partial charge on any atom is 0.280 e. The first-order valence-electron chi connectivity index (χ1n) is 7.19. The molecule has 0 amide bonds. The summed E-state index contributed by atoms with van der Waals surface area (Å²) in [5.41, 5.74) is 0.898. The van der Waals surface area contributed by atoms with E-state index in [1.807, 2.05) is 38.1 Å². The van der Waals surface area contributed by atoms with Crippen molar-refractivity contribution in [2.24, 2.45) is 0 Å². The van der Waals surface area contributed by atoms with E-state index < -0.39 is 10.2 Å². The minimum absolute atomic E-state index is 0.0947. The van der Waals surface area contributed by atoms with Crippen molar-refractivity contribution in [3.63, 3.8) is 0 Å². The Morgan fingerprint density at radius 3 is 2.68 bits per heavy atom. The minimum Gasteiger partial charge on any atom is -0.373 e. The van der Waals surface area contributed by atoms with Crippen molar-refractivity contribution in [3.8, 4) is 0 Å². The largest absolute Gasteiger partial charge is 0.373 e. The van der Waals surface area contributed by atoms with Gasteiger partial charge < -0.3 is 4.74 Å². The summed E-state index contributed by atoms with van der Waals surface area (Å²) in [5, 5.41) is 0.763. The first-order valence-corrected chi connectivity index (χ1v) is 9.44. The number of hydrogen-bond donors (Lipinski definition) is 1. The summed E-state index contributed by atoms with van der Waals surface area (Å²) < 4.78 is 35.5. The van der Waals surface area contributed by atoms with Crippen LogP contribution in [-0.2, 0) is 21.5 Å². The lowest BCUT2D eigenvalue weighted by atomic mass is 10.3. The highest BCUT2D eigenvalue weighted by atomic mass is 32.2. The van der Waals surface area contributed by atoms with Gasteiger partial charge in [-0.2, -0.15) is 17.4 Å². The molecule has 0 bridgehead atoms. The highest BCUT2D eigenvalue weighted by Gasteiger charge is 2.30. The number of benzene rings is 1. The predicted octanol–water partition coefficient (Wildman–Crippen LogP) is 1.74. The van der Waals surface area contributed by atoms with Crippen LogP contribution in [0, 0.1) is 0 Å². The van der Waals surface area contributed by atoms with Crippen molar-refractivity contribution >= 4 is 31.8 Å². The van der Waals surface area contributed by atoms with Gasteiger partial charge in [-0.15, -0.1) is 11.3 Å². The molecule has 1 saturated heterocycles. The lowest BCUT2D eigenvalue weighted by Crippen LogP contribution is -2.51. The predicted molar refractivity (Wildman–Crippen MR) is 87.0 cm³/mol. The Morgan fingerprint density at radius 1 is 1.32 bits per heavy atom. The topological polar surface area (TPSA) is 71.5 Å². The maximum atomic E-state index is 12.4. The van der Waals surface area contributed by atoms with Crippen LogP contribution in [-0.4, -0.2) is 43.0 Å². The van der Waals surface area contributed by atoms with E-state index in [0.717, 1.165) is 15.2 Å². The zero-order valence-corrected chi connectivity index (χ0v) is 14.2. The molecule has 1 aliphatic rings. The van der Waals surface area contributed by atoms with E-state index in [2.05, 4.69) is 9.71 Å². The van der Waals surface area contributed by atoms with Gasteiger partial charge in [-0.3, -0.25) is 0 Å². The number of nitrogens with one attached hydrogen (secondary N) is 1. The van der Waals surface area contributed by atoms with E-state index in [1.165, 1.54) is 15.6 Å². The molecule has 0 spiro atoms. The number of nitrogens with zero attached hydrogens (tertiary/aromatic N) is 2. The molecule has 1 N–H and O–H groups in total. The van der Waals surface area contributed by atoms with E-state index in [-0.39, 0.29) is 18.8 Å². The fraction of sp³-hybridized carbons (Fsp3) is 0.500. The molecule has 0 radical (unpaired) electrons. The first-order chi connectivity index (χ1) is 10.4. The standard InChI is InChI=1S/C14H19N3O3S2/c1-10-8-17(9-11(2)20-10)22(18,19)15-7-14-16-12-5-3-4-6-13(12)21-14/h3-6,10-11,15H,7-9H2,1-2H3/t10-,11-/m0/s1. The number of para-hydroxylation sites is 1. The molecule has 120 valence electrons. The molecule has 0 saturated carbocycles. The Balaban J connectivity index is 1.69. The first kappa shape index (κ1) is 15.8. The Labute approximate surface area is 134 Å². The van der Waals surface area contributed by atoms with E-state index in [9.17, 15) is 8.42 Å². The number of morpholine rings is 1. The lowest BCUT2D eigenvalue weighted by Gasteiger charge is -2.34. The minimum atomic E-state index is -3.51. The molecule has 2 atom stereocenters. The molecule has 6 nitrogen and oxygen atoms in total. The Kier molecular flexibility index (Phi) is 4.47. The van der Waals surface area contributed by atoms with Gasteiger partial charge in [0.15, 0.2) is 0 Å². The quantitative estimate of drug-likeness (QED) is 0.919. The van der Waals surface area contributed by atoms with Crippen molar-refractivity contribution < 1.29 is 13.2 Å². The summed E-state index contributed by atoms with van der Waals surface area (Å²) in [4.78, 5) is 4.44. The molecule has 1 aromatic heterocycles. The van der Waals surface area contributed by atoms with Crippen LogP contribution in [0.4, 0.5) is 0 Å². The zero-order valence-electron chi connectivity index (χ0n) is 12.5. The monoisotopic (exact) mass is 341 g/mol. The fourth-order valence-electron chi connectivity index (χ4n) is 2.57. The van der Waals surface area contributed by atoms with Crippen molar-refractivity contribution in [1.82, 2.24) is 14.0 Å². The van der Waals surface area contributed by atoms with Crippen LogP contribution in [0.3, 0.4) is 0 Å². The smallest absolute Gasteiger partial charge is 0.280 e. The van der Waals surface area contributed by atoms with E-state index in [1.54, 1.807) is 0 Å². The number of aromatic nitrogens is 1. The van der Waals surface area contributed by atoms with Crippen molar-refractivity contribution in [3.05, 3.63) is 29.3 Å². The van der Waals surface area contributed by atoms with Crippen molar-refractivity contribution in [2.45, 2.75) is 32.6 Å². The van der Waals surface area contributed by atoms with Crippen molar-refractivity contribution in [1.29, 1.82) is 0 Å². The van der Waals surface area contributed by atoms with Crippen LogP contribution in [0.2, 0.25) is 0 Å². The van der Waals surface area contributed by atoms with Crippen LogP contribution in [0.1, 0.15) is 18.9 Å². The van der Waals surface area contributed by atoms with Gasteiger partial charge in [0.25, 0.3) is 10.2 Å². The number of thiazole rings is 1. The van der Waals surface area contributed by atoms with Crippen LogP contribution >= 0.6 is 11.3 Å². The number of fused-ring (bicyclic) bond motifs is 1. The summed E-state index contributed by atoms with van der Waals surface area (Å²) in [6.45, 7) is 4.72.